The minimum atomic E-state index is -0.979. The first-order valence-electron chi connectivity index (χ1n) is 11.2. The number of ether oxygens (including phenoxy) is 1. The molecular formula is C27H25FN2O5. The second-order valence-corrected chi connectivity index (χ2v) is 8.56. The summed E-state index contributed by atoms with van der Waals surface area (Å²) in [7, 11) is 0. The van der Waals surface area contributed by atoms with Crippen molar-refractivity contribution in [2.24, 2.45) is 5.92 Å². The van der Waals surface area contributed by atoms with E-state index in [1.54, 1.807) is 6.92 Å². The second kappa shape index (κ2) is 10.4. The van der Waals surface area contributed by atoms with Gasteiger partial charge in [0.25, 0.3) is 5.91 Å². The number of carboxylic acid groups (broad SMARTS) is 1. The Morgan fingerprint density at radius 3 is 2.26 bits per heavy atom. The SMILES string of the molecule is CC(CNC(=O)c1cc(NC(=O)OCC2c3ccccc3-c3ccccc32)ccc1F)CC(=O)O. The molecule has 7 nitrogen and oxygen atoms in total. The zero-order valence-corrected chi connectivity index (χ0v) is 19.1. The molecule has 35 heavy (non-hydrogen) atoms. The standard InChI is InChI=1S/C27H25FN2O5/c1-16(12-25(31)32)14-29-26(33)22-13-17(10-11-24(22)28)30-27(34)35-15-23-20-8-4-2-6-18(20)19-7-3-5-9-21(19)23/h2-11,13,16,23H,12,14-15H2,1H3,(H,29,33)(H,30,34)(H,31,32). The summed E-state index contributed by atoms with van der Waals surface area (Å²) in [5, 5.41) is 13.9. The van der Waals surface area contributed by atoms with Gasteiger partial charge in [-0.25, -0.2) is 9.18 Å². The van der Waals surface area contributed by atoms with E-state index in [9.17, 15) is 18.8 Å². The molecule has 0 aromatic heterocycles. The van der Waals surface area contributed by atoms with Crippen molar-refractivity contribution in [2.75, 3.05) is 18.5 Å². The van der Waals surface area contributed by atoms with Crippen LogP contribution in [0.3, 0.4) is 0 Å². The van der Waals surface area contributed by atoms with Crippen LogP contribution in [0.4, 0.5) is 14.9 Å². The quantitative estimate of drug-likeness (QED) is 0.423. The summed E-state index contributed by atoms with van der Waals surface area (Å²) in [5.74, 6) is -2.85. The zero-order valence-electron chi connectivity index (χ0n) is 19.1. The van der Waals surface area contributed by atoms with E-state index in [1.165, 1.54) is 12.1 Å². The fraction of sp³-hybridized carbons (Fsp3) is 0.222. The van der Waals surface area contributed by atoms with Crippen molar-refractivity contribution in [1.29, 1.82) is 0 Å². The minimum absolute atomic E-state index is 0.0780. The van der Waals surface area contributed by atoms with Crippen molar-refractivity contribution in [3.05, 3.63) is 89.2 Å². The normalized spacial score (nSPS) is 12.9. The van der Waals surface area contributed by atoms with Crippen LogP contribution >= 0.6 is 0 Å². The number of benzene rings is 3. The highest BCUT2D eigenvalue weighted by atomic mass is 19.1. The Labute approximate surface area is 201 Å². The zero-order chi connectivity index (χ0) is 24.9. The number of nitrogens with one attached hydrogen (secondary N) is 2. The molecule has 0 radical (unpaired) electrons. The number of anilines is 1. The van der Waals surface area contributed by atoms with Crippen LogP contribution in [0.5, 0.6) is 0 Å². The van der Waals surface area contributed by atoms with Gasteiger partial charge in [0.05, 0.1) is 5.56 Å². The van der Waals surface area contributed by atoms with Gasteiger partial charge >= 0.3 is 12.1 Å². The molecule has 3 aromatic rings. The van der Waals surface area contributed by atoms with E-state index in [4.69, 9.17) is 9.84 Å². The minimum Gasteiger partial charge on any atom is -0.481 e. The topological polar surface area (TPSA) is 105 Å². The van der Waals surface area contributed by atoms with Crippen molar-refractivity contribution in [1.82, 2.24) is 5.32 Å². The first kappa shape index (κ1) is 23.9. The number of hydrogen-bond acceptors (Lipinski definition) is 4. The van der Waals surface area contributed by atoms with Crippen LogP contribution in [-0.2, 0) is 9.53 Å². The molecule has 8 heteroatoms. The van der Waals surface area contributed by atoms with E-state index >= 15 is 0 Å². The number of rotatable bonds is 8. The first-order valence-corrected chi connectivity index (χ1v) is 11.2. The molecule has 3 aromatic carbocycles. The van der Waals surface area contributed by atoms with Crippen LogP contribution in [0.2, 0.25) is 0 Å². The molecule has 0 saturated carbocycles. The van der Waals surface area contributed by atoms with E-state index in [-0.39, 0.29) is 42.7 Å². The smallest absolute Gasteiger partial charge is 0.411 e. The van der Waals surface area contributed by atoms with Gasteiger partial charge < -0.3 is 15.2 Å². The van der Waals surface area contributed by atoms with Crippen molar-refractivity contribution >= 4 is 23.7 Å². The van der Waals surface area contributed by atoms with Gasteiger partial charge in [-0.15, -0.1) is 0 Å². The molecule has 180 valence electrons. The highest BCUT2D eigenvalue weighted by Gasteiger charge is 2.29. The van der Waals surface area contributed by atoms with E-state index in [0.717, 1.165) is 28.3 Å². The molecule has 4 rings (SSSR count). The number of aliphatic carboxylic acids is 1. The number of carbonyl (C=O) groups is 3. The third kappa shape index (κ3) is 5.48. The van der Waals surface area contributed by atoms with Crippen molar-refractivity contribution in [2.45, 2.75) is 19.3 Å². The van der Waals surface area contributed by atoms with Crippen LogP contribution in [-0.4, -0.2) is 36.2 Å². The summed E-state index contributed by atoms with van der Waals surface area (Å²) in [6.07, 6.45) is -0.841. The molecule has 0 saturated heterocycles. The summed E-state index contributed by atoms with van der Waals surface area (Å²) >= 11 is 0. The molecule has 1 aliphatic rings. The van der Waals surface area contributed by atoms with Crippen molar-refractivity contribution < 1.29 is 28.6 Å². The maximum atomic E-state index is 14.2. The predicted octanol–water partition coefficient (Wildman–Crippen LogP) is 5.03. The van der Waals surface area contributed by atoms with Crippen LogP contribution in [0.25, 0.3) is 11.1 Å². The Morgan fingerprint density at radius 1 is 1.00 bits per heavy atom. The lowest BCUT2D eigenvalue weighted by Gasteiger charge is -2.15. The van der Waals surface area contributed by atoms with Gasteiger partial charge in [-0.05, 0) is 46.4 Å². The maximum absolute atomic E-state index is 14.2. The van der Waals surface area contributed by atoms with Gasteiger partial charge in [0, 0.05) is 24.6 Å². The molecule has 1 unspecified atom stereocenters. The summed E-state index contributed by atoms with van der Waals surface area (Å²) in [5.41, 5.74) is 4.34. The third-order valence-electron chi connectivity index (χ3n) is 5.94. The summed E-state index contributed by atoms with van der Waals surface area (Å²) in [4.78, 5) is 35.6. The van der Waals surface area contributed by atoms with Gasteiger partial charge in [-0.2, -0.15) is 0 Å². The lowest BCUT2D eigenvalue weighted by Crippen LogP contribution is -2.30. The average Bonchev–Trinajstić information content (AvgIpc) is 3.16. The van der Waals surface area contributed by atoms with Gasteiger partial charge in [0.2, 0.25) is 0 Å². The summed E-state index contributed by atoms with van der Waals surface area (Å²) in [6.45, 7) is 1.87. The second-order valence-electron chi connectivity index (χ2n) is 8.56. The van der Waals surface area contributed by atoms with Gasteiger partial charge in [-0.3, -0.25) is 14.9 Å². The maximum Gasteiger partial charge on any atom is 0.411 e. The molecule has 2 amide bonds. The number of carboxylic acids is 1. The number of hydrogen-bond donors (Lipinski definition) is 3. The van der Waals surface area contributed by atoms with Gasteiger partial charge in [-0.1, -0.05) is 55.5 Å². The predicted molar refractivity (Wildman–Crippen MR) is 129 cm³/mol. The van der Waals surface area contributed by atoms with Crippen LogP contribution < -0.4 is 10.6 Å². The van der Waals surface area contributed by atoms with Gasteiger partial charge in [0.1, 0.15) is 12.4 Å². The lowest BCUT2D eigenvalue weighted by atomic mass is 9.98. The Kier molecular flexibility index (Phi) is 7.10. The number of carbonyl (C=O) groups excluding carboxylic acids is 2. The highest BCUT2D eigenvalue weighted by Crippen LogP contribution is 2.44. The van der Waals surface area contributed by atoms with Crippen LogP contribution in [0.1, 0.15) is 40.7 Å². The number of fused-ring (bicyclic) bond motifs is 3. The summed E-state index contributed by atoms with van der Waals surface area (Å²) in [6, 6.07) is 19.6. The molecule has 1 atom stereocenters. The Morgan fingerprint density at radius 2 is 1.63 bits per heavy atom. The number of amides is 2. The highest BCUT2D eigenvalue weighted by molar-refractivity contribution is 5.96. The average molecular weight is 477 g/mol. The van der Waals surface area contributed by atoms with Crippen molar-refractivity contribution in [3.8, 4) is 11.1 Å². The molecule has 1 aliphatic carbocycles. The van der Waals surface area contributed by atoms with E-state index in [2.05, 4.69) is 10.6 Å². The monoisotopic (exact) mass is 476 g/mol. The van der Waals surface area contributed by atoms with E-state index < -0.39 is 23.8 Å². The van der Waals surface area contributed by atoms with Gasteiger partial charge in [0.15, 0.2) is 0 Å². The van der Waals surface area contributed by atoms with E-state index in [1.807, 2.05) is 48.5 Å². The lowest BCUT2D eigenvalue weighted by molar-refractivity contribution is -0.137. The molecule has 0 fully saturated rings. The molecule has 0 aliphatic heterocycles. The Balaban J connectivity index is 1.38. The molecule has 0 spiro atoms. The third-order valence-corrected chi connectivity index (χ3v) is 5.94. The summed E-state index contributed by atoms with van der Waals surface area (Å²) < 4.78 is 19.7. The fourth-order valence-electron chi connectivity index (χ4n) is 4.26. The molecular weight excluding hydrogens is 451 g/mol. The van der Waals surface area contributed by atoms with Crippen molar-refractivity contribution in [3.63, 3.8) is 0 Å². The van der Waals surface area contributed by atoms with Crippen LogP contribution in [0.15, 0.2) is 66.7 Å². The first-order chi connectivity index (χ1) is 16.8. The fourth-order valence-corrected chi connectivity index (χ4v) is 4.26. The molecule has 3 N–H and O–H groups in total. The Hall–Kier alpha value is -4.20. The largest absolute Gasteiger partial charge is 0.481 e. The number of halogens is 1. The molecule has 0 heterocycles. The van der Waals surface area contributed by atoms with E-state index in [0.29, 0.717) is 0 Å². The van der Waals surface area contributed by atoms with Crippen LogP contribution in [0, 0.1) is 11.7 Å². The Bertz CT molecular complexity index is 1230. The molecule has 0 bridgehead atoms.